The molecule has 2 aliphatic rings. The molecular weight excluding hydrogens is 408 g/mol. The standard InChI is InChI=1S/C21H23ClN4O4/c1-12-14(22)8-5-9-16(12)26-18(19(27)23-13-6-3-4-7-13)11-25-17(20(26)28)10-15(24-25)21(29)30-2/h5,8-10,13,18H,3-4,6-7,11H2,1-2H3,(H,23,27). The highest BCUT2D eigenvalue weighted by atomic mass is 35.5. The average Bonchev–Trinajstić information content (AvgIpc) is 3.39. The van der Waals surface area contributed by atoms with E-state index in [1.165, 1.54) is 22.8 Å². The van der Waals surface area contributed by atoms with Crippen LogP contribution in [0.3, 0.4) is 0 Å². The molecule has 4 rings (SSSR count). The van der Waals surface area contributed by atoms with E-state index in [9.17, 15) is 14.4 Å². The zero-order valence-electron chi connectivity index (χ0n) is 16.9. The van der Waals surface area contributed by atoms with E-state index >= 15 is 0 Å². The maximum Gasteiger partial charge on any atom is 0.358 e. The van der Waals surface area contributed by atoms with Crippen LogP contribution in [-0.4, -0.2) is 46.8 Å². The van der Waals surface area contributed by atoms with Crippen LogP contribution in [0.25, 0.3) is 0 Å². The number of hydrogen-bond acceptors (Lipinski definition) is 5. The first kappa shape index (κ1) is 20.4. The van der Waals surface area contributed by atoms with Crippen molar-refractivity contribution < 1.29 is 19.1 Å². The molecule has 1 N–H and O–H groups in total. The minimum absolute atomic E-state index is 0.0282. The third kappa shape index (κ3) is 3.56. The lowest BCUT2D eigenvalue weighted by molar-refractivity contribution is -0.123. The van der Waals surface area contributed by atoms with Crippen LogP contribution in [0.15, 0.2) is 24.3 Å². The van der Waals surface area contributed by atoms with Crippen molar-refractivity contribution in [2.45, 2.75) is 51.2 Å². The molecule has 1 aliphatic heterocycles. The van der Waals surface area contributed by atoms with Gasteiger partial charge in [0.05, 0.1) is 13.7 Å². The monoisotopic (exact) mass is 430 g/mol. The molecule has 1 aliphatic carbocycles. The number of carbonyl (C=O) groups excluding carboxylic acids is 3. The van der Waals surface area contributed by atoms with Crippen molar-refractivity contribution in [1.29, 1.82) is 0 Å². The molecule has 2 aromatic rings. The second kappa shape index (κ2) is 8.10. The van der Waals surface area contributed by atoms with Crippen LogP contribution in [-0.2, 0) is 16.1 Å². The Bertz CT molecular complexity index is 1010. The largest absolute Gasteiger partial charge is 0.464 e. The molecular formula is C21H23ClN4O4. The van der Waals surface area contributed by atoms with Gasteiger partial charge in [0.15, 0.2) is 5.69 Å². The Balaban J connectivity index is 1.75. The van der Waals surface area contributed by atoms with Crippen molar-refractivity contribution in [2.75, 3.05) is 12.0 Å². The van der Waals surface area contributed by atoms with Crippen LogP contribution < -0.4 is 10.2 Å². The number of aromatic nitrogens is 2. The first-order chi connectivity index (χ1) is 14.4. The summed E-state index contributed by atoms with van der Waals surface area (Å²) in [6.45, 7) is 1.94. The average molecular weight is 431 g/mol. The molecule has 9 heteroatoms. The molecule has 0 bridgehead atoms. The Labute approximate surface area is 179 Å². The Kier molecular flexibility index (Phi) is 5.51. The van der Waals surface area contributed by atoms with Crippen molar-refractivity contribution in [3.8, 4) is 0 Å². The van der Waals surface area contributed by atoms with Gasteiger partial charge in [0.1, 0.15) is 11.7 Å². The number of ether oxygens (including phenoxy) is 1. The zero-order chi connectivity index (χ0) is 21.4. The van der Waals surface area contributed by atoms with E-state index in [0.717, 1.165) is 25.7 Å². The predicted molar refractivity (Wildman–Crippen MR) is 111 cm³/mol. The van der Waals surface area contributed by atoms with Gasteiger partial charge in [-0.15, -0.1) is 0 Å². The van der Waals surface area contributed by atoms with Gasteiger partial charge in [-0.2, -0.15) is 5.10 Å². The second-order valence-electron chi connectivity index (χ2n) is 7.65. The summed E-state index contributed by atoms with van der Waals surface area (Å²) in [4.78, 5) is 40.0. The predicted octanol–water partition coefficient (Wildman–Crippen LogP) is 2.72. The number of carbonyl (C=O) groups is 3. The lowest BCUT2D eigenvalue weighted by atomic mass is 10.1. The van der Waals surface area contributed by atoms with Crippen LogP contribution in [0.5, 0.6) is 0 Å². The fraction of sp³-hybridized carbons (Fsp3) is 0.429. The number of nitrogens with zero attached hydrogens (tertiary/aromatic N) is 3. The van der Waals surface area contributed by atoms with Gasteiger partial charge >= 0.3 is 5.97 Å². The first-order valence-electron chi connectivity index (χ1n) is 9.96. The molecule has 1 fully saturated rings. The Morgan fingerprint density at radius 2 is 2.00 bits per heavy atom. The highest BCUT2D eigenvalue weighted by Gasteiger charge is 2.41. The van der Waals surface area contributed by atoms with Crippen molar-refractivity contribution in [2.24, 2.45) is 0 Å². The van der Waals surface area contributed by atoms with Crippen LogP contribution in [0.1, 0.15) is 52.2 Å². The number of halogens is 1. The number of methoxy groups -OCH3 is 1. The van der Waals surface area contributed by atoms with Gasteiger partial charge in [0, 0.05) is 22.8 Å². The summed E-state index contributed by atoms with van der Waals surface area (Å²) in [7, 11) is 1.25. The lowest BCUT2D eigenvalue weighted by Gasteiger charge is -2.36. The molecule has 0 radical (unpaired) electrons. The number of benzene rings is 1. The van der Waals surface area contributed by atoms with Crippen LogP contribution >= 0.6 is 11.6 Å². The minimum Gasteiger partial charge on any atom is -0.464 e. The summed E-state index contributed by atoms with van der Waals surface area (Å²) in [5.41, 5.74) is 1.51. The summed E-state index contributed by atoms with van der Waals surface area (Å²) in [6, 6.07) is 5.94. The summed E-state index contributed by atoms with van der Waals surface area (Å²) < 4.78 is 6.13. The van der Waals surface area contributed by atoms with Crippen molar-refractivity contribution in [3.63, 3.8) is 0 Å². The van der Waals surface area contributed by atoms with Crippen molar-refractivity contribution in [1.82, 2.24) is 15.1 Å². The first-order valence-corrected chi connectivity index (χ1v) is 10.3. The molecule has 1 aromatic heterocycles. The van der Waals surface area contributed by atoms with Gasteiger partial charge < -0.3 is 10.1 Å². The maximum atomic E-state index is 13.4. The zero-order valence-corrected chi connectivity index (χ0v) is 17.6. The molecule has 1 unspecified atom stereocenters. The number of amides is 2. The molecule has 1 aromatic carbocycles. The third-order valence-electron chi connectivity index (χ3n) is 5.77. The highest BCUT2D eigenvalue weighted by Crippen LogP contribution is 2.32. The lowest BCUT2D eigenvalue weighted by Crippen LogP contribution is -2.57. The Hall–Kier alpha value is -2.87. The Morgan fingerprint density at radius 1 is 1.27 bits per heavy atom. The van der Waals surface area contributed by atoms with Gasteiger partial charge in [0.25, 0.3) is 5.91 Å². The van der Waals surface area contributed by atoms with E-state index < -0.39 is 17.9 Å². The molecule has 158 valence electrons. The van der Waals surface area contributed by atoms with Crippen LogP contribution in [0.4, 0.5) is 5.69 Å². The topological polar surface area (TPSA) is 93.5 Å². The van der Waals surface area contributed by atoms with Crippen LogP contribution in [0, 0.1) is 6.92 Å². The number of rotatable bonds is 4. The maximum absolute atomic E-state index is 13.4. The number of hydrogen-bond donors (Lipinski definition) is 1. The third-order valence-corrected chi connectivity index (χ3v) is 6.18. The fourth-order valence-electron chi connectivity index (χ4n) is 4.14. The van der Waals surface area contributed by atoms with E-state index in [2.05, 4.69) is 10.4 Å². The van der Waals surface area contributed by atoms with E-state index in [1.54, 1.807) is 18.2 Å². The van der Waals surface area contributed by atoms with Gasteiger partial charge in [-0.1, -0.05) is 30.5 Å². The summed E-state index contributed by atoms with van der Waals surface area (Å²) in [6.07, 6.45) is 4.03. The SMILES string of the molecule is COC(=O)c1cc2n(n1)CC(C(=O)NC1CCCC1)N(c1cccc(Cl)c1C)C2=O. The molecule has 0 saturated heterocycles. The molecule has 1 saturated carbocycles. The molecule has 2 amide bonds. The van der Waals surface area contributed by atoms with Gasteiger partial charge in [-0.25, -0.2) is 4.79 Å². The molecule has 30 heavy (non-hydrogen) atoms. The number of esters is 1. The van der Waals surface area contributed by atoms with E-state index in [4.69, 9.17) is 16.3 Å². The summed E-state index contributed by atoms with van der Waals surface area (Å²) in [5.74, 6) is -1.29. The van der Waals surface area contributed by atoms with Gasteiger partial charge in [-0.05, 0) is 37.5 Å². The highest BCUT2D eigenvalue weighted by molar-refractivity contribution is 6.32. The van der Waals surface area contributed by atoms with Crippen LogP contribution in [0.2, 0.25) is 5.02 Å². The minimum atomic E-state index is -0.812. The molecule has 8 nitrogen and oxygen atoms in total. The quantitative estimate of drug-likeness (QED) is 0.753. The fourth-order valence-corrected chi connectivity index (χ4v) is 4.31. The smallest absolute Gasteiger partial charge is 0.358 e. The number of anilines is 1. The molecule has 2 heterocycles. The second-order valence-corrected chi connectivity index (χ2v) is 8.06. The molecule has 1 atom stereocenters. The Morgan fingerprint density at radius 3 is 2.70 bits per heavy atom. The normalized spacial score (nSPS) is 19.0. The van der Waals surface area contributed by atoms with E-state index in [0.29, 0.717) is 16.3 Å². The van der Waals surface area contributed by atoms with Gasteiger partial charge in [-0.3, -0.25) is 19.2 Å². The summed E-state index contributed by atoms with van der Waals surface area (Å²) >= 11 is 6.29. The van der Waals surface area contributed by atoms with E-state index in [-0.39, 0.29) is 29.9 Å². The van der Waals surface area contributed by atoms with Crippen molar-refractivity contribution >= 4 is 35.1 Å². The number of nitrogens with one attached hydrogen (secondary N) is 1. The van der Waals surface area contributed by atoms with Gasteiger partial charge in [0.2, 0.25) is 5.91 Å². The number of fused-ring (bicyclic) bond motifs is 1. The van der Waals surface area contributed by atoms with E-state index in [1.807, 2.05) is 6.92 Å². The summed E-state index contributed by atoms with van der Waals surface area (Å²) in [5, 5.41) is 7.77. The molecule has 0 spiro atoms. The van der Waals surface area contributed by atoms with Crippen molar-refractivity contribution in [3.05, 3.63) is 46.2 Å².